The van der Waals surface area contributed by atoms with Gasteiger partial charge in [-0.3, -0.25) is 10.0 Å². The van der Waals surface area contributed by atoms with Crippen LogP contribution in [0.25, 0.3) is 0 Å². The number of rotatable bonds is 7. The molecule has 136 valence electrons. The smallest absolute Gasteiger partial charge is 0.229 e. The average Bonchev–Trinajstić information content (AvgIpc) is 2.48. The number of aliphatic hydroxyl groups excluding tert-OH is 1. The van der Waals surface area contributed by atoms with Crippen LogP contribution in [0.5, 0.6) is 5.75 Å². The van der Waals surface area contributed by atoms with Crippen LogP contribution in [0.3, 0.4) is 0 Å². The minimum atomic E-state index is -3.53. The van der Waals surface area contributed by atoms with Crippen LogP contribution in [0.2, 0.25) is 0 Å². The highest BCUT2D eigenvalue weighted by Crippen LogP contribution is 2.28. The Balaban J connectivity index is 2.14. The van der Waals surface area contributed by atoms with Crippen molar-refractivity contribution < 1.29 is 18.6 Å². The normalized spacial score (nSPS) is 13.4. The second-order valence-corrected chi connectivity index (χ2v) is 8.49. The van der Waals surface area contributed by atoms with Crippen LogP contribution in [0.1, 0.15) is 31.2 Å². The van der Waals surface area contributed by atoms with Crippen LogP contribution in [0, 0.1) is 0 Å². The molecule has 0 aliphatic carbocycles. The lowest BCUT2D eigenvalue weighted by Gasteiger charge is -2.30. The number of aromatic hydroxyl groups is 1. The van der Waals surface area contributed by atoms with Gasteiger partial charge in [0.2, 0.25) is 10.0 Å². The van der Waals surface area contributed by atoms with Gasteiger partial charge in [-0.25, -0.2) is 8.42 Å². The van der Waals surface area contributed by atoms with Gasteiger partial charge in [-0.2, -0.15) is 0 Å². The maximum atomic E-state index is 11.4. The van der Waals surface area contributed by atoms with Crippen LogP contribution in [-0.2, 0) is 16.4 Å². The highest BCUT2D eigenvalue weighted by Gasteiger charge is 2.23. The summed E-state index contributed by atoms with van der Waals surface area (Å²) >= 11 is 0. The van der Waals surface area contributed by atoms with Gasteiger partial charge in [0.25, 0.3) is 0 Å². The number of aliphatic hydroxyl groups is 1. The largest absolute Gasteiger partial charge is 0.506 e. The molecule has 0 aromatic heterocycles. The quantitative estimate of drug-likeness (QED) is 0.447. The maximum Gasteiger partial charge on any atom is 0.229 e. The second-order valence-electron chi connectivity index (χ2n) is 6.74. The van der Waals surface area contributed by atoms with Crippen molar-refractivity contribution in [3.05, 3.63) is 59.7 Å². The first-order valence-corrected chi connectivity index (χ1v) is 9.75. The zero-order chi connectivity index (χ0) is 18.7. The predicted octanol–water partition coefficient (Wildman–Crippen LogP) is 2.37. The van der Waals surface area contributed by atoms with E-state index in [1.807, 2.05) is 44.2 Å². The monoisotopic (exact) mass is 364 g/mol. The summed E-state index contributed by atoms with van der Waals surface area (Å²) in [5.41, 5.74) is 1.22. The summed E-state index contributed by atoms with van der Waals surface area (Å²) in [6.07, 6.45) is 0.688. The summed E-state index contributed by atoms with van der Waals surface area (Å²) in [6, 6.07) is 14.2. The summed E-state index contributed by atoms with van der Waals surface area (Å²) in [4.78, 5) is 0. The fourth-order valence-electron chi connectivity index (χ4n) is 2.62. The van der Waals surface area contributed by atoms with Crippen LogP contribution in [-0.4, -0.2) is 30.4 Å². The Labute approximate surface area is 148 Å². The molecule has 0 amide bonds. The van der Waals surface area contributed by atoms with E-state index in [9.17, 15) is 18.6 Å². The molecule has 2 aromatic carbocycles. The van der Waals surface area contributed by atoms with Crippen LogP contribution < -0.4 is 10.0 Å². The summed E-state index contributed by atoms with van der Waals surface area (Å²) < 4.78 is 25.0. The molecule has 25 heavy (non-hydrogen) atoms. The molecule has 0 fully saturated rings. The number of nitrogens with one attached hydrogen (secondary N) is 2. The van der Waals surface area contributed by atoms with E-state index in [-0.39, 0.29) is 11.4 Å². The molecule has 0 saturated heterocycles. The van der Waals surface area contributed by atoms with Crippen molar-refractivity contribution in [3.63, 3.8) is 0 Å². The van der Waals surface area contributed by atoms with Crippen molar-refractivity contribution in [2.24, 2.45) is 0 Å². The third kappa shape index (κ3) is 6.04. The zero-order valence-electron chi connectivity index (χ0n) is 14.5. The highest BCUT2D eigenvalue weighted by atomic mass is 32.2. The van der Waals surface area contributed by atoms with E-state index >= 15 is 0 Å². The Bertz CT molecular complexity index is 820. The average molecular weight is 364 g/mol. The molecule has 0 aliphatic heterocycles. The lowest BCUT2D eigenvalue weighted by molar-refractivity contribution is 0.101. The summed E-state index contributed by atoms with van der Waals surface area (Å²) in [7, 11) is -3.53. The minimum absolute atomic E-state index is 0.0294. The van der Waals surface area contributed by atoms with Gasteiger partial charge >= 0.3 is 0 Å². The minimum Gasteiger partial charge on any atom is -0.506 e. The first-order chi connectivity index (χ1) is 11.6. The van der Waals surface area contributed by atoms with E-state index in [4.69, 9.17) is 0 Å². The molecule has 2 rings (SSSR count). The number of sulfonamides is 1. The number of benzene rings is 2. The molecule has 0 aliphatic rings. The van der Waals surface area contributed by atoms with Crippen molar-refractivity contribution in [1.82, 2.24) is 5.32 Å². The molecule has 0 bridgehead atoms. The Kier molecular flexibility index (Phi) is 5.72. The molecule has 2 aromatic rings. The molecular formula is C18H24N2O4S. The molecule has 0 saturated carbocycles. The lowest BCUT2D eigenvalue weighted by atomic mass is 9.94. The number of anilines is 1. The molecule has 0 heterocycles. The third-order valence-corrected chi connectivity index (χ3v) is 4.24. The van der Waals surface area contributed by atoms with Crippen LogP contribution in [0.15, 0.2) is 48.5 Å². The van der Waals surface area contributed by atoms with Gasteiger partial charge in [0.05, 0.1) is 11.9 Å². The van der Waals surface area contributed by atoms with E-state index in [0.717, 1.165) is 11.8 Å². The fourth-order valence-corrected chi connectivity index (χ4v) is 3.18. The van der Waals surface area contributed by atoms with Crippen molar-refractivity contribution in [2.45, 2.75) is 32.0 Å². The highest BCUT2D eigenvalue weighted by molar-refractivity contribution is 7.92. The zero-order valence-corrected chi connectivity index (χ0v) is 15.3. The van der Waals surface area contributed by atoms with Gasteiger partial charge < -0.3 is 10.2 Å². The molecule has 0 radical (unpaired) electrons. The molecular weight excluding hydrogens is 340 g/mol. The van der Waals surface area contributed by atoms with Gasteiger partial charge in [-0.15, -0.1) is 0 Å². The van der Waals surface area contributed by atoms with E-state index in [2.05, 4.69) is 10.0 Å². The van der Waals surface area contributed by atoms with Gasteiger partial charge in [0.15, 0.2) is 0 Å². The van der Waals surface area contributed by atoms with Crippen molar-refractivity contribution >= 4 is 15.7 Å². The SMILES string of the molecule is CC(C)(Cc1ccccc1)NC(O)c1ccc(O)c(NS(C)(=O)=O)c1. The first-order valence-electron chi connectivity index (χ1n) is 7.86. The Morgan fingerprint density at radius 3 is 2.36 bits per heavy atom. The summed E-state index contributed by atoms with van der Waals surface area (Å²) in [5.74, 6) is -0.204. The second kappa shape index (κ2) is 7.43. The standard InChI is InChI=1S/C18H24N2O4S/c1-18(2,12-13-7-5-4-6-8-13)19-17(22)14-9-10-16(21)15(11-14)20-25(3,23)24/h4-11,17,19-22H,12H2,1-3H3. The molecule has 1 atom stereocenters. The summed E-state index contributed by atoms with van der Waals surface area (Å²) in [5, 5.41) is 23.4. The number of phenolic OH excluding ortho intramolecular Hbond substituents is 1. The number of phenols is 1. The number of hydrogen-bond donors (Lipinski definition) is 4. The molecule has 1 unspecified atom stereocenters. The van der Waals surface area contributed by atoms with Crippen molar-refractivity contribution in [3.8, 4) is 5.75 Å². The number of hydrogen-bond acceptors (Lipinski definition) is 5. The lowest BCUT2D eigenvalue weighted by Crippen LogP contribution is -2.43. The van der Waals surface area contributed by atoms with Crippen molar-refractivity contribution in [1.29, 1.82) is 0 Å². The predicted molar refractivity (Wildman–Crippen MR) is 98.9 cm³/mol. The van der Waals surface area contributed by atoms with Gasteiger partial charge in [0, 0.05) is 5.54 Å². The third-order valence-electron chi connectivity index (χ3n) is 3.65. The Morgan fingerprint density at radius 1 is 1.12 bits per heavy atom. The molecule has 7 heteroatoms. The molecule has 0 spiro atoms. The topological polar surface area (TPSA) is 98.7 Å². The van der Waals surface area contributed by atoms with Crippen molar-refractivity contribution in [2.75, 3.05) is 11.0 Å². The van der Waals surface area contributed by atoms with E-state index in [0.29, 0.717) is 12.0 Å². The van der Waals surface area contributed by atoms with Gasteiger partial charge in [-0.05, 0) is 43.5 Å². The molecule has 4 N–H and O–H groups in total. The first kappa shape index (κ1) is 19.2. The fraction of sp³-hybridized carbons (Fsp3) is 0.333. The summed E-state index contributed by atoms with van der Waals surface area (Å²) in [6.45, 7) is 3.94. The molecule has 6 nitrogen and oxygen atoms in total. The van der Waals surface area contributed by atoms with Crippen LogP contribution in [0.4, 0.5) is 5.69 Å². The Hall–Kier alpha value is -2.09. The Morgan fingerprint density at radius 2 is 1.76 bits per heavy atom. The maximum absolute atomic E-state index is 11.4. The van der Waals surface area contributed by atoms with E-state index in [1.165, 1.54) is 12.1 Å². The van der Waals surface area contributed by atoms with Crippen LogP contribution >= 0.6 is 0 Å². The van der Waals surface area contributed by atoms with E-state index in [1.54, 1.807) is 6.07 Å². The van der Waals surface area contributed by atoms with Gasteiger partial charge in [-0.1, -0.05) is 36.4 Å². The van der Waals surface area contributed by atoms with Gasteiger partial charge in [0.1, 0.15) is 12.0 Å². The van der Waals surface area contributed by atoms with E-state index < -0.39 is 21.8 Å².